The molecule has 1 saturated heterocycles. The van der Waals surface area contributed by atoms with Crippen molar-refractivity contribution in [3.05, 3.63) is 35.9 Å². The Bertz CT molecular complexity index is 663. The first-order valence-electron chi connectivity index (χ1n) is 9.34. The quantitative estimate of drug-likeness (QED) is 0.836. The second kappa shape index (κ2) is 6.62. The summed E-state index contributed by atoms with van der Waals surface area (Å²) in [6.07, 6.45) is 4.85. The number of rotatable bonds is 5. The van der Waals surface area contributed by atoms with Crippen LogP contribution in [0, 0.1) is 11.8 Å². The van der Waals surface area contributed by atoms with E-state index in [9.17, 15) is 14.4 Å². The predicted octanol–water partition coefficient (Wildman–Crippen LogP) is 2.22. The third-order valence-electron chi connectivity index (χ3n) is 5.86. The standard InChI is InChI=1S/C20H24N2O3/c23-18(21-17-12-16(17)13-6-2-1-3-7-13)10-11-22-19(24)14-8-4-5-9-15(14)20(22)25/h1-3,6-7,14-17H,4-5,8-12H2,(H,21,23)/t14-,15+,16-,17+/m1/s1. The van der Waals surface area contributed by atoms with E-state index < -0.39 is 0 Å². The van der Waals surface area contributed by atoms with Gasteiger partial charge in [0, 0.05) is 24.9 Å². The lowest BCUT2D eigenvalue weighted by molar-refractivity contribution is -0.140. The Morgan fingerprint density at radius 1 is 1.00 bits per heavy atom. The Balaban J connectivity index is 1.27. The van der Waals surface area contributed by atoms with Crippen LogP contribution in [0.15, 0.2) is 30.3 Å². The summed E-state index contributed by atoms with van der Waals surface area (Å²) in [5.74, 6) is -0.0560. The van der Waals surface area contributed by atoms with E-state index in [1.807, 2.05) is 18.2 Å². The van der Waals surface area contributed by atoms with Gasteiger partial charge in [-0.2, -0.15) is 0 Å². The van der Waals surface area contributed by atoms with E-state index in [4.69, 9.17) is 0 Å². The zero-order valence-corrected chi connectivity index (χ0v) is 14.3. The lowest BCUT2D eigenvalue weighted by atomic mass is 9.81. The minimum Gasteiger partial charge on any atom is -0.353 e. The van der Waals surface area contributed by atoms with Crippen molar-refractivity contribution < 1.29 is 14.4 Å². The Morgan fingerprint density at radius 2 is 1.64 bits per heavy atom. The molecule has 4 atom stereocenters. The molecule has 5 nitrogen and oxygen atoms in total. The third kappa shape index (κ3) is 3.20. The zero-order valence-electron chi connectivity index (χ0n) is 14.3. The monoisotopic (exact) mass is 340 g/mol. The molecule has 0 unspecified atom stereocenters. The van der Waals surface area contributed by atoms with Crippen LogP contribution in [0.2, 0.25) is 0 Å². The smallest absolute Gasteiger partial charge is 0.233 e. The van der Waals surface area contributed by atoms with Crippen LogP contribution in [0.25, 0.3) is 0 Å². The largest absolute Gasteiger partial charge is 0.353 e. The van der Waals surface area contributed by atoms with E-state index in [0.29, 0.717) is 5.92 Å². The number of carbonyl (C=O) groups is 3. The molecule has 25 heavy (non-hydrogen) atoms. The predicted molar refractivity (Wildman–Crippen MR) is 92.5 cm³/mol. The van der Waals surface area contributed by atoms with Crippen LogP contribution in [-0.4, -0.2) is 35.2 Å². The first kappa shape index (κ1) is 16.3. The van der Waals surface area contributed by atoms with Crippen LogP contribution < -0.4 is 5.32 Å². The van der Waals surface area contributed by atoms with Gasteiger partial charge in [-0.3, -0.25) is 19.3 Å². The summed E-state index contributed by atoms with van der Waals surface area (Å²) in [6.45, 7) is 0.221. The van der Waals surface area contributed by atoms with Crippen LogP contribution in [-0.2, 0) is 14.4 Å². The number of carbonyl (C=O) groups excluding carboxylic acids is 3. The van der Waals surface area contributed by atoms with Crippen LogP contribution in [0.5, 0.6) is 0 Å². The fraction of sp³-hybridized carbons (Fsp3) is 0.550. The highest BCUT2D eigenvalue weighted by atomic mass is 16.2. The highest BCUT2D eigenvalue weighted by Gasteiger charge is 2.48. The molecule has 1 aliphatic heterocycles. The topological polar surface area (TPSA) is 66.5 Å². The van der Waals surface area contributed by atoms with Gasteiger partial charge in [0.2, 0.25) is 17.7 Å². The van der Waals surface area contributed by atoms with Crippen molar-refractivity contribution in [3.8, 4) is 0 Å². The van der Waals surface area contributed by atoms with Crippen LogP contribution >= 0.6 is 0 Å². The first-order valence-corrected chi connectivity index (χ1v) is 9.34. The van der Waals surface area contributed by atoms with Gasteiger partial charge in [0.1, 0.15) is 0 Å². The summed E-state index contributed by atoms with van der Waals surface area (Å²) in [5.41, 5.74) is 1.25. The maximum absolute atomic E-state index is 12.4. The highest BCUT2D eigenvalue weighted by Crippen LogP contribution is 2.41. The molecule has 0 radical (unpaired) electrons. The van der Waals surface area contributed by atoms with Crippen molar-refractivity contribution >= 4 is 17.7 Å². The van der Waals surface area contributed by atoms with Crippen molar-refractivity contribution in [1.29, 1.82) is 0 Å². The molecule has 3 amide bonds. The van der Waals surface area contributed by atoms with Crippen molar-refractivity contribution in [2.75, 3.05) is 6.54 Å². The lowest BCUT2D eigenvalue weighted by Crippen LogP contribution is -2.36. The summed E-state index contributed by atoms with van der Waals surface area (Å²) in [7, 11) is 0. The molecule has 3 aliphatic rings. The Labute approximate surface area is 147 Å². The molecule has 3 fully saturated rings. The fourth-order valence-corrected chi connectivity index (χ4v) is 4.37. The van der Waals surface area contributed by atoms with Gasteiger partial charge in [-0.15, -0.1) is 0 Å². The Hall–Kier alpha value is -2.17. The average Bonchev–Trinajstić information content (AvgIpc) is 3.36. The zero-order chi connectivity index (χ0) is 17.4. The van der Waals surface area contributed by atoms with Gasteiger partial charge >= 0.3 is 0 Å². The molecule has 0 bridgehead atoms. The van der Waals surface area contributed by atoms with Gasteiger partial charge in [0.15, 0.2) is 0 Å². The van der Waals surface area contributed by atoms with Crippen LogP contribution in [0.3, 0.4) is 0 Å². The van der Waals surface area contributed by atoms with Gasteiger partial charge in [0.25, 0.3) is 0 Å². The molecule has 5 heteroatoms. The highest BCUT2D eigenvalue weighted by molar-refractivity contribution is 6.05. The number of nitrogens with one attached hydrogen (secondary N) is 1. The second-order valence-electron chi connectivity index (χ2n) is 7.50. The number of benzene rings is 1. The van der Waals surface area contributed by atoms with Gasteiger partial charge in [-0.05, 0) is 24.8 Å². The van der Waals surface area contributed by atoms with Gasteiger partial charge in [-0.1, -0.05) is 43.2 Å². The number of hydrogen-bond donors (Lipinski definition) is 1. The minimum atomic E-state index is -0.129. The summed E-state index contributed by atoms with van der Waals surface area (Å²) in [5, 5.41) is 3.03. The average molecular weight is 340 g/mol. The molecule has 1 heterocycles. The van der Waals surface area contributed by atoms with E-state index >= 15 is 0 Å². The van der Waals surface area contributed by atoms with E-state index in [-0.39, 0.29) is 48.6 Å². The maximum Gasteiger partial charge on any atom is 0.233 e. The maximum atomic E-state index is 12.4. The van der Waals surface area contributed by atoms with Crippen molar-refractivity contribution in [2.45, 2.75) is 50.5 Å². The summed E-state index contributed by atoms with van der Waals surface area (Å²) in [4.78, 5) is 38.3. The van der Waals surface area contributed by atoms with Crippen molar-refractivity contribution in [1.82, 2.24) is 10.2 Å². The molecule has 0 spiro atoms. The number of hydrogen-bond acceptors (Lipinski definition) is 3. The second-order valence-corrected chi connectivity index (χ2v) is 7.50. The van der Waals surface area contributed by atoms with E-state index in [2.05, 4.69) is 17.4 Å². The number of imide groups is 1. The Kier molecular flexibility index (Phi) is 4.32. The van der Waals surface area contributed by atoms with Crippen LogP contribution in [0.4, 0.5) is 0 Å². The fourth-order valence-electron chi connectivity index (χ4n) is 4.37. The van der Waals surface area contributed by atoms with Crippen LogP contribution in [0.1, 0.15) is 50.0 Å². The molecule has 1 aromatic rings. The van der Waals surface area contributed by atoms with E-state index in [0.717, 1.165) is 32.1 Å². The first-order chi connectivity index (χ1) is 12.1. The number of nitrogens with zero attached hydrogens (tertiary/aromatic N) is 1. The molecule has 0 aromatic heterocycles. The molecular weight excluding hydrogens is 316 g/mol. The van der Waals surface area contributed by atoms with Gasteiger partial charge in [-0.25, -0.2) is 0 Å². The molecule has 1 N–H and O–H groups in total. The van der Waals surface area contributed by atoms with Crippen molar-refractivity contribution in [2.24, 2.45) is 11.8 Å². The third-order valence-corrected chi connectivity index (χ3v) is 5.86. The van der Waals surface area contributed by atoms with E-state index in [1.54, 1.807) is 0 Å². The molecule has 2 saturated carbocycles. The van der Waals surface area contributed by atoms with Gasteiger partial charge < -0.3 is 5.32 Å². The molecular formula is C20H24N2O3. The molecule has 2 aliphatic carbocycles. The number of amides is 3. The molecule has 1 aromatic carbocycles. The molecule has 132 valence electrons. The number of fused-ring (bicyclic) bond motifs is 1. The minimum absolute atomic E-state index is 0.0592. The lowest BCUT2D eigenvalue weighted by Gasteiger charge is -2.19. The van der Waals surface area contributed by atoms with Gasteiger partial charge in [0.05, 0.1) is 11.8 Å². The van der Waals surface area contributed by atoms with E-state index in [1.165, 1.54) is 10.5 Å². The van der Waals surface area contributed by atoms with Crippen molar-refractivity contribution in [3.63, 3.8) is 0 Å². The summed E-state index contributed by atoms with van der Waals surface area (Å²) in [6, 6.07) is 10.4. The summed E-state index contributed by atoms with van der Waals surface area (Å²) >= 11 is 0. The molecule has 4 rings (SSSR count). The number of likely N-dealkylation sites (tertiary alicyclic amines) is 1. The summed E-state index contributed by atoms with van der Waals surface area (Å²) < 4.78 is 0. The SMILES string of the molecule is O=C(CCN1C(=O)[C@H]2CCCC[C@H]2C1=O)N[C@H]1C[C@@H]1c1ccccc1. The Morgan fingerprint density at radius 3 is 2.28 bits per heavy atom. The normalized spacial score (nSPS) is 31.0.